The summed E-state index contributed by atoms with van der Waals surface area (Å²) in [5.41, 5.74) is 2.62. The maximum Gasteiger partial charge on any atom is 0.221 e. The fourth-order valence-electron chi connectivity index (χ4n) is 2.93. The van der Waals surface area contributed by atoms with E-state index in [1.807, 2.05) is 30.3 Å². The van der Waals surface area contributed by atoms with Crippen molar-refractivity contribution < 1.29 is 9.59 Å². The number of piperidine rings is 3. The largest absolute Gasteiger partial charge is 0.369 e. The number of rotatable bonds is 2. The molecule has 1 N–H and O–H groups in total. The van der Waals surface area contributed by atoms with Gasteiger partial charge < -0.3 is 10.2 Å². The molecule has 0 aliphatic carbocycles. The molecule has 2 bridgehead atoms. The van der Waals surface area contributed by atoms with Gasteiger partial charge in [-0.3, -0.25) is 9.59 Å². The molecule has 3 heterocycles. The highest BCUT2D eigenvalue weighted by Crippen LogP contribution is 2.32. The highest BCUT2D eigenvalue weighted by atomic mass is 16.1. The molecule has 4 rings (SSSR count). The Morgan fingerprint density at radius 2 is 1.90 bits per heavy atom. The van der Waals surface area contributed by atoms with Gasteiger partial charge in [0.15, 0.2) is 5.78 Å². The topological polar surface area (TPSA) is 49.4 Å². The summed E-state index contributed by atoms with van der Waals surface area (Å²) in [6.07, 6.45) is 3.96. The number of fused-ring (bicyclic) bond motifs is 3. The lowest BCUT2D eigenvalue weighted by Crippen LogP contribution is -2.45. The number of allylic oxidation sites excluding steroid dienone is 1. The average molecular weight is 270 g/mol. The van der Waals surface area contributed by atoms with Crippen molar-refractivity contribution in [3.05, 3.63) is 35.5 Å². The van der Waals surface area contributed by atoms with Crippen LogP contribution in [0.5, 0.6) is 0 Å². The van der Waals surface area contributed by atoms with Crippen LogP contribution in [-0.2, 0) is 9.59 Å². The highest BCUT2D eigenvalue weighted by Gasteiger charge is 2.36. The lowest BCUT2D eigenvalue weighted by Gasteiger charge is -2.41. The van der Waals surface area contributed by atoms with Gasteiger partial charge in [0.05, 0.1) is 5.70 Å². The normalized spacial score (nSPS) is 20.6. The van der Waals surface area contributed by atoms with Crippen LogP contribution < -0.4 is 5.32 Å². The van der Waals surface area contributed by atoms with Crippen molar-refractivity contribution in [2.75, 3.05) is 18.4 Å². The second-order valence-electron chi connectivity index (χ2n) is 5.46. The molecule has 0 atom stereocenters. The van der Waals surface area contributed by atoms with E-state index in [0.717, 1.165) is 42.9 Å². The zero-order valence-corrected chi connectivity index (χ0v) is 11.6. The lowest BCUT2D eigenvalue weighted by atomic mass is 9.84. The lowest BCUT2D eigenvalue weighted by molar-refractivity contribution is -0.125. The molecule has 3 saturated heterocycles. The molecule has 0 saturated carbocycles. The number of carbonyl (C=O) groups excluding carboxylic acids is 2. The number of hydrogen-bond acceptors (Lipinski definition) is 3. The minimum absolute atomic E-state index is 0.0815. The van der Waals surface area contributed by atoms with E-state index < -0.39 is 0 Å². The van der Waals surface area contributed by atoms with Gasteiger partial charge in [0.1, 0.15) is 0 Å². The molecule has 3 aliphatic heterocycles. The standard InChI is InChI=1S/C16H18N2O2/c1-11(19)17-14-4-2-12(3-5-14)10-15-16(20)13-6-8-18(15)9-7-13/h2-5,10,13H,6-9H2,1H3,(H,17,19)/b15-10+. The number of amides is 1. The third-order valence-electron chi connectivity index (χ3n) is 3.99. The van der Waals surface area contributed by atoms with Crippen LogP contribution in [0, 0.1) is 5.92 Å². The smallest absolute Gasteiger partial charge is 0.221 e. The first-order valence-corrected chi connectivity index (χ1v) is 7.02. The Morgan fingerprint density at radius 3 is 2.45 bits per heavy atom. The number of anilines is 1. The first-order valence-electron chi connectivity index (χ1n) is 7.02. The molecule has 3 aliphatic rings. The zero-order valence-electron chi connectivity index (χ0n) is 11.6. The van der Waals surface area contributed by atoms with Crippen LogP contribution in [0.25, 0.3) is 6.08 Å². The van der Waals surface area contributed by atoms with E-state index in [0.29, 0.717) is 0 Å². The molecule has 0 radical (unpaired) electrons. The Morgan fingerprint density at radius 1 is 1.25 bits per heavy atom. The van der Waals surface area contributed by atoms with E-state index in [1.165, 1.54) is 6.92 Å². The summed E-state index contributed by atoms with van der Waals surface area (Å²) in [5.74, 6) is 0.431. The molecule has 1 aromatic rings. The Kier molecular flexibility index (Phi) is 3.30. The number of nitrogens with zero attached hydrogens (tertiary/aromatic N) is 1. The van der Waals surface area contributed by atoms with Gasteiger partial charge in [-0.05, 0) is 36.6 Å². The van der Waals surface area contributed by atoms with Gasteiger partial charge in [-0.25, -0.2) is 0 Å². The van der Waals surface area contributed by atoms with Crippen LogP contribution in [-0.4, -0.2) is 29.7 Å². The Balaban J connectivity index is 1.81. The molecule has 0 spiro atoms. The Labute approximate surface area is 118 Å². The first kappa shape index (κ1) is 12.9. The van der Waals surface area contributed by atoms with Crippen molar-refractivity contribution in [1.82, 2.24) is 4.90 Å². The Bertz CT molecular complexity index is 567. The quantitative estimate of drug-likeness (QED) is 0.839. The summed E-state index contributed by atoms with van der Waals surface area (Å²) >= 11 is 0. The summed E-state index contributed by atoms with van der Waals surface area (Å²) in [6.45, 7) is 3.47. The number of benzene rings is 1. The summed E-state index contributed by atoms with van der Waals surface area (Å²) < 4.78 is 0. The van der Waals surface area contributed by atoms with Crippen molar-refractivity contribution in [2.24, 2.45) is 5.92 Å². The molecule has 1 amide bonds. The SMILES string of the molecule is CC(=O)Nc1ccc(/C=C2\C(=O)C3CCN2CC3)cc1. The van der Waals surface area contributed by atoms with Gasteiger partial charge >= 0.3 is 0 Å². The average Bonchev–Trinajstić information content (AvgIpc) is 2.44. The first-order chi connectivity index (χ1) is 9.63. The molecular weight excluding hydrogens is 252 g/mol. The molecule has 104 valence electrons. The van der Waals surface area contributed by atoms with Crippen LogP contribution >= 0.6 is 0 Å². The van der Waals surface area contributed by atoms with E-state index in [9.17, 15) is 9.59 Å². The number of Topliss-reactive ketones (excluding diaryl/α,β-unsaturated/α-hetero) is 1. The maximum absolute atomic E-state index is 12.2. The van der Waals surface area contributed by atoms with E-state index in [2.05, 4.69) is 10.2 Å². The minimum Gasteiger partial charge on any atom is -0.369 e. The van der Waals surface area contributed by atoms with Gasteiger partial charge in [-0.2, -0.15) is 0 Å². The van der Waals surface area contributed by atoms with Gasteiger partial charge in [0.2, 0.25) is 5.91 Å². The van der Waals surface area contributed by atoms with Gasteiger partial charge in [-0.1, -0.05) is 12.1 Å². The van der Waals surface area contributed by atoms with Crippen molar-refractivity contribution in [3.63, 3.8) is 0 Å². The van der Waals surface area contributed by atoms with E-state index in [4.69, 9.17) is 0 Å². The third-order valence-corrected chi connectivity index (χ3v) is 3.99. The summed E-state index contributed by atoms with van der Waals surface area (Å²) in [6, 6.07) is 7.56. The van der Waals surface area contributed by atoms with Crippen molar-refractivity contribution in [2.45, 2.75) is 19.8 Å². The third kappa shape index (κ3) is 2.46. The summed E-state index contributed by atoms with van der Waals surface area (Å²) in [5, 5.41) is 2.73. The maximum atomic E-state index is 12.2. The van der Waals surface area contributed by atoms with Gasteiger partial charge in [0.25, 0.3) is 0 Å². The van der Waals surface area contributed by atoms with Gasteiger partial charge in [0, 0.05) is 31.6 Å². The second kappa shape index (κ2) is 5.12. The van der Waals surface area contributed by atoms with Crippen LogP contribution in [0.15, 0.2) is 30.0 Å². The molecule has 0 aromatic heterocycles. The van der Waals surface area contributed by atoms with E-state index in [1.54, 1.807) is 0 Å². The fraction of sp³-hybridized carbons (Fsp3) is 0.375. The minimum atomic E-state index is -0.0815. The summed E-state index contributed by atoms with van der Waals surface area (Å²) in [4.78, 5) is 25.4. The van der Waals surface area contributed by atoms with Crippen molar-refractivity contribution in [1.29, 1.82) is 0 Å². The van der Waals surface area contributed by atoms with Crippen LogP contribution in [0.2, 0.25) is 0 Å². The van der Waals surface area contributed by atoms with E-state index in [-0.39, 0.29) is 17.6 Å². The molecule has 4 heteroatoms. The predicted molar refractivity (Wildman–Crippen MR) is 78.0 cm³/mol. The molecule has 1 aromatic carbocycles. The number of hydrogen-bond donors (Lipinski definition) is 1. The molecule has 3 fully saturated rings. The predicted octanol–water partition coefficient (Wildman–Crippen LogP) is 2.28. The summed E-state index contributed by atoms with van der Waals surface area (Å²) in [7, 11) is 0. The number of ketones is 1. The number of carbonyl (C=O) groups is 2. The van der Waals surface area contributed by atoms with E-state index >= 15 is 0 Å². The fourth-order valence-corrected chi connectivity index (χ4v) is 2.93. The molecule has 4 nitrogen and oxygen atoms in total. The van der Waals surface area contributed by atoms with Crippen molar-refractivity contribution >= 4 is 23.5 Å². The second-order valence-corrected chi connectivity index (χ2v) is 5.46. The monoisotopic (exact) mass is 270 g/mol. The van der Waals surface area contributed by atoms with Crippen LogP contribution in [0.3, 0.4) is 0 Å². The molecule has 0 unspecified atom stereocenters. The zero-order chi connectivity index (χ0) is 14.1. The van der Waals surface area contributed by atoms with Crippen molar-refractivity contribution in [3.8, 4) is 0 Å². The Hall–Kier alpha value is -2.10. The molecule has 20 heavy (non-hydrogen) atoms. The number of nitrogens with one attached hydrogen (secondary N) is 1. The highest BCUT2D eigenvalue weighted by molar-refractivity contribution is 6.02. The van der Waals surface area contributed by atoms with Crippen LogP contribution in [0.4, 0.5) is 5.69 Å². The molecular formula is C16H18N2O2. The van der Waals surface area contributed by atoms with Gasteiger partial charge in [-0.15, -0.1) is 0 Å². The van der Waals surface area contributed by atoms with Crippen LogP contribution in [0.1, 0.15) is 25.3 Å².